The molecule has 0 spiro atoms. The third-order valence-corrected chi connectivity index (χ3v) is 6.59. The van der Waals surface area contributed by atoms with Gasteiger partial charge in [0.25, 0.3) is 5.91 Å². The van der Waals surface area contributed by atoms with Crippen molar-refractivity contribution in [3.05, 3.63) is 141 Å². The molecule has 0 radical (unpaired) electrons. The van der Waals surface area contributed by atoms with Crippen LogP contribution in [0.5, 0.6) is 5.75 Å². The van der Waals surface area contributed by atoms with Gasteiger partial charge in [-0.25, -0.2) is 4.39 Å². The Balaban J connectivity index is 1.50. The van der Waals surface area contributed by atoms with E-state index < -0.39 is 17.8 Å². The van der Waals surface area contributed by atoms with Gasteiger partial charge in [-0.3, -0.25) is 14.5 Å². The number of carbonyl (C=O) groups is 1. The molecule has 1 aliphatic rings. The SMILES string of the molecule is O=C1c2oc3ccc(Cl)cc3c(=O)c2C(c2cccc(OCc3ccccc3)c2)N1c1ccc(F)cc1. The van der Waals surface area contributed by atoms with Gasteiger partial charge in [-0.05, 0) is 65.7 Å². The van der Waals surface area contributed by atoms with E-state index in [2.05, 4.69) is 0 Å². The van der Waals surface area contributed by atoms with Crippen LogP contribution in [0.2, 0.25) is 5.02 Å². The quantitative estimate of drug-likeness (QED) is 0.257. The Hall–Kier alpha value is -4.42. The lowest BCUT2D eigenvalue weighted by Gasteiger charge is -2.25. The number of hydrogen-bond acceptors (Lipinski definition) is 4. The maximum absolute atomic E-state index is 13.7. The van der Waals surface area contributed by atoms with Gasteiger partial charge in [0.2, 0.25) is 5.76 Å². The number of ether oxygens (including phenoxy) is 1. The Kier molecular flexibility index (Phi) is 5.74. The first-order valence-electron chi connectivity index (χ1n) is 11.6. The molecule has 0 N–H and O–H groups in total. The molecular formula is C30H19ClFNO4. The smallest absolute Gasteiger partial charge is 0.295 e. The van der Waals surface area contributed by atoms with Gasteiger partial charge in [0.15, 0.2) is 5.43 Å². The van der Waals surface area contributed by atoms with Crippen LogP contribution < -0.4 is 15.1 Å². The normalized spacial score (nSPS) is 14.7. The van der Waals surface area contributed by atoms with Crippen molar-refractivity contribution in [3.8, 4) is 5.75 Å². The predicted octanol–water partition coefficient (Wildman–Crippen LogP) is 6.91. The van der Waals surface area contributed by atoms with Gasteiger partial charge in [0.05, 0.1) is 17.0 Å². The average molecular weight is 512 g/mol. The average Bonchev–Trinajstić information content (AvgIpc) is 3.21. The Bertz CT molecular complexity index is 1700. The van der Waals surface area contributed by atoms with Gasteiger partial charge in [0.1, 0.15) is 23.8 Å². The van der Waals surface area contributed by atoms with E-state index in [9.17, 15) is 14.0 Å². The van der Waals surface area contributed by atoms with E-state index in [1.165, 1.54) is 35.2 Å². The topological polar surface area (TPSA) is 59.8 Å². The van der Waals surface area contributed by atoms with E-state index in [1.54, 1.807) is 24.3 Å². The lowest BCUT2D eigenvalue weighted by Crippen LogP contribution is -2.29. The zero-order valence-corrected chi connectivity index (χ0v) is 20.1. The van der Waals surface area contributed by atoms with E-state index in [0.717, 1.165) is 5.56 Å². The first-order valence-corrected chi connectivity index (χ1v) is 12.0. The third kappa shape index (κ3) is 4.15. The summed E-state index contributed by atoms with van der Waals surface area (Å²) in [6, 6.07) is 26.4. The van der Waals surface area contributed by atoms with Gasteiger partial charge >= 0.3 is 0 Å². The number of nitrogens with zero attached hydrogens (tertiary/aromatic N) is 1. The number of anilines is 1. The number of rotatable bonds is 5. The summed E-state index contributed by atoms with van der Waals surface area (Å²) in [7, 11) is 0. The molecule has 4 aromatic carbocycles. The minimum atomic E-state index is -0.812. The fraction of sp³-hybridized carbons (Fsp3) is 0.0667. The van der Waals surface area contributed by atoms with Crippen molar-refractivity contribution in [2.75, 3.05) is 4.90 Å². The van der Waals surface area contributed by atoms with Crippen molar-refractivity contribution in [1.29, 1.82) is 0 Å². The van der Waals surface area contributed by atoms with Gasteiger partial charge in [-0.1, -0.05) is 54.1 Å². The second-order valence-electron chi connectivity index (χ2n) is 8.72. The van der Waals surface area contributed by atoms with Crippen molar-refractivity contribution < 1.29 is 18.3 Å². The highest BCUT2D eigenvalue weighted by Crippen LogP contribution is 2.42. The molecule has 5 aromatic rings. The summed E-state index contributed by atoms with van der Waals surface area (Å²) in [4.78, 5) is 28.9. The molecule has 2 heterocycles. The highest BCUT2D eigenvalue weighted by molar-refractivity contribution is 6.31. The molecule has 1 amide bonds. The number of hydrogen-bond donors (Lipinski definition) is 0. The molecule has 0 saturated carbocycles. The minimum absolute atomic E-state index is 0.0512. The molecule has 5 nitrogen and oxygen atoms in total. The number of halogens is 2. The summed E-state index contributed by atoms with van der Waals surface area (Å²) in [5.74, 6) is -0.397. The lowest BCUT2D eigenvalue weighted by atomic mass is 9.98. The zero-order valence-electron chi connectivity index (χ0n) is 19.4. The highest BCUT2D eigenvalue weighted by atomic mass is 35.5. The number of amides is 1. The van der Waals surface area contributed by atoms with Crippen molar-refractivity contribution in [2.45, 2.75) is 12.6 Å². The molecule has 0 bridgehead atoms. The van der Waals surface area contributed by atoms with Crippen LogP contribution in [-0.2, 0) is 6.61 Å². The van der Waals surface area contributed by atoms with E-state index in [0.29, 0.717) is 28.6 Å². The molecule has 182 valence electrons. The Morgan fingerprint density at radius 1 is 0.892 bits per heavy atom. The summed E-state index contributed by atoms with van der Waals surface area (Å²) in [6.45, 7) is 0.359. The Morgan fingerprint density at radius 3 is 2.46 bits per heavy atom. The van der Waals surface area contributed by atoms with Crippen LogP contribution in [0, 0.1) is 5.82 Å². The van der Waals surface area contributed by atoms with Gasteiger partial charge < -0.3 is 9.15 Å². The highest BCUT2D eigenvalue weighted by Gasteiger charge is 2.43. The molecular weight excluding hydrogens is 493 g/mol. The largest absolute Gasteiger partial charge is 0.489 e. The second kappa shape index (κ2) is 9.22. The second-order valence-corrected chi connectivity index (χ2v) is 9.15. The van der Waals surface area contributed by atoms with E-state index in [1.807, 2.05) is 42.5 Å². The van der Waals surface area contributed by atoms with Crippen LogP contribution in [0.3, 0.4) is 0 Å². The molecule has 1 unspecified atom stereocenters. The van der Waals surface area contributed by atoms with E-state index >= 15 is 0 Å². The lowest BCUT2D eigenvalue weighted by molar-refractivity contribution is 0.0971. The third-order valence-electron chi connectivity index (χ3n) is 6.36. The molecule has 1 atom stereocenters. The first-order chi connectivity index (χ1) is 18.0. The summed E-state index contributed by atoms with van der Waals surface area (Å²) in [5, 5.41) is 0.661. The van der Waals surface area contributed by atoms with E-state index in [4.69, 9.17) is 20.8 Å². The maximum Gasteiger partial charge on any atom is 0.295 e. The van der Waals surface area contributed by atoms with Crippen molar-refractivity contribution in [3.63, 3.8) is 0 Å². The van der Waals surface area contributed by atoms with Crippen LogP contribution in [-0.4, -0.2) is 5.91 Å². The van der Waals surface area contributed by atoms with Crippen LogP contribution in [0.15, 0.2) is 106 Å². The van der Waals surface area contributed by atoms with Crippen LogP contribution in [0.1, 0.15) is 33.3 Å². The monoisotopic (exact) mass is 511 g/mol. The van der Waals surface area contributed by atoms with Crippen molar-refractivity contribution >= 4 is 34.2 Å². The Labute approximate surface area is 216 Å². The van der Waals surface area contributed by atoms with Crippen molar-refractivity contribution in [2.24, 2.45) is 0 Å². The molecule has 0 fully saturated rings. The van der Waals surface area contributed by atoms with E-state index in [-0.39, 0.29) is 27.7 Å². The number of fused-ring (bicyclic) bond motifs is 2. The fourth-order valence-electron chi connectivity index (χ4n) is 4.64. The number of benzene rings is 4. The Morgan fingerprint density at radius 2 is 1.68 bits per heavy atom. The molecule has 6 rings (SSSR count). The fourth-order valence-corrected chi connectivity index (χ4v) is 4.82. The minimum Gasteiger partial charge on any atom is -0.489 e. The van der Waals surface area contributed by atoms with Crippen LogP contribution in [0.25, 0.3) is 11.0 Å². The zero-order chi connectivity index (χ0) is 25.5. The standard InChI is InChI=1S/C30H19ClFNO4/c31-20-9-14-25-24(16-20)28(34)26-27(33(30(35)29(26)37-25)22-12-10-21(32)11-13-22)19-7-4-8-23(15-19)36-17-18-5-2-1-3-6-18/h1-16,27H,17H2. The summed E-state index contributed by atoms with van der Waals surface area (Å²) >= 11 is 6.16. The predicted molar refractivity (Wildman–Crippen MR) is 140 cm³/mol. The molecule has 0 aliphatic carbocycles. The summed E-state index contributed by atoms with van der Waals surface area (Å²) in [5.41, 5.74) is 2.20. The first kappa shape index (κ1) is 23.0. The van der Waals surface area contributed by atoms with Gasteiger partial charge in [-0.15, -0.1) is 0 Å². The molecule has 1 aromatic heterocycles. The molecule has 7 heteroatoms. The van der Waals surface area contributed by atoms with Crippen molar-refractivity contribution in [1.82, 2.24) is 0 Å². The number of carbonyl (C=O) groups excluding carboxylic acids is 1. The van der Waals surface area contributed by atoms with Gasteiger partial charge in [-0.2, -0.15) is 0 Å². The maximum atomic E-state index is 13.7. The summed E-state index contributed by atoms with van der Waals surface area (Å²) < 4.78 is 25.7. The molecule has 0 saturated heterocycles. The molecule has 1 aliphatic heterocycles. The van der Waals surface area contributed by atoms with Crippen LogP contribution in [0.4, 0.5) is 10.1 Å². The van der Waals surface area contributed by atoms with Gasteiger partial charge in [0, 0.05) is 10.7 Å². The molecule has 37 heavy (non-hydrogen) atoms. The summed E-state index contributed by atoms with van der Waals surface area (Å²) in [6.07, 6.45) is 0. The van der Waals surface area contributed by atoms with Crippen LogP contribution >= 0.6 is 11.6 Å².